The molecule has 4 aliphatic carbocycles. The molecule has 4 atom stereocenters. The minimum atomic E-state index is -0.940. The normalized spacial score (nSPS) is 28.9. The first-order valence-electron chi connectivity index (χ1n) is 17.1. The third-order valence-corrected chi connectivity index (χ3v) is 13.7. The summed E-state index contributed by atoms with van der Waals surface area (Å²) in [7, 11) is 0. The summed E-state index contributed by atoms with van der Waals surface area (Å²) >= 11 is 0. The standard InChI is InChI=1S/C42H42O4/c1-39(2)29-17-19-41(39,35(45)23-29)33(43)21-27-15-13-25-9-5-7-11-31(25)37(27)38-28(16-14-26-10-6-8-12-32(26)38)22-34(44)42-20-18-30(24-36(42)46)40(42,3)4/h5-16,29-30H,17-24H2,1-4H3. The van der Waals surface area contributed by atoms with Crippen molar-refractivity contribution in [2.75, 3.05) is 0 Å². The molecule has 0 saturated heterocycles. The number of hydrogen-bond acceptors (Lipinski definition) is 4. The minimum absolute atomic E-state index is 0.0195. The molecule has 4 fully saturated rings. The molecular formula is C42H42O4. The Balaban J connectivity index is 1.32. The predicted molar refractivity (Wildman–Crippen MR) is 181 cm³/mol. The molecule has 0 aliphatic heterocycles. The Kier molecular flexibility index (Phi) is 6.28. The van der Waals surface area contributed by atoms with Crippen LogP contribution in [0.4, 0.5) is 0 Å². The second-order valence-electron chi connectivity index (χ2n) is 15.8. The minimum Gasteiger partial charge on any atom is -0.299 e. The van der Waals surface area contributed by atoms with Crippen molar-refractivity contribution in [1.29, 1.82) is 0 Å². The summed E-state index contributed by atoms with van der Waals surface area (Å²) < 4.78 is 0. The molecule has 4 nitrogen and oxygen atoms in total. The van der Waals surface area contributed by atoms with Gasteiger partial charge < -0.3 is 0 Å². The van der Waals surface area contributed by atoms with Crippen molar-refractivity contribution < 1.29 is 19.2 Å². The Hall–Kier alpha value is -3.92. The summed E-state index contributed by atoms with van der Waals surface area (Å²) in [5, 5.41) is 4.15. The van der Waals surface area contributed by atoms with Gasteiger partial charge in [-0.25, -0.2) is 0 Å². The molecule has 4 unspecified atom stereocenters. The molecule has 46 heavy (non-hydrogen) atoms. The molecule has 0 aromatic heterocycles. The summed E-state index contributed by atoms with van der Waals surface area (Å²) in [6.45, 7) is 8.45. The first-order valence-corrected chi connectivity index (χ1v) is 17.1. The van der Waals surface area contributed by atoms with Gasteiger partial charge in [-0.05, 0) is 92.1 Å². The maximum absolute atomic E-state index is 14.5. The monoisotopic (exact) mass is 610 g/mol. The van der Waals surface area contributed by atoms with Crippen molar-refractivity contribution >= 4 is 44.7 Å². The molecule has 4 saturated carbocycles. The van der Waals surface area contributed by atoms with Gasteiger partial charge in [0.2, 0.25) is 0 Å². The van der Waals surface area contributed by atoms with E-state index >= 15 is 0 Å². The molecule has 4 aromatic rings. The van der Waals surface area contributed by atoms with Gasteiger partial charge in [0.15, 0.2) is 11.6 Å². The van der Waals surface area contributed by atoms with Gasteiger partial charge in [0.05, 0.1) is 10.8 Å². The Labute approximate surface area is 271 Å². The van der Waals surface area contributed by atoms with Gasteiger partial charge in [-0.2, -0.15) is 0 Å². The summed E-state index contributed by atoms with van der Waals surface area (Å²) in [4.78, 5) is 56.0. The van der Waals surface area contributed by atoms with Crippen LogP contribution in [0.25, 0.3) is 32.7 Å². The van der Waals surface area contributed by atoms with Crippen LogP contribution < -0.4 is 0 Å². The fourth-order valence-corrected chi connectivity index (χ4v) is 10.8. The van der Waals surface area contributed by atoms with E-state index in [4.69, 9.17) is 0 Å². The maximum atomic E-state index is 14.5. The van der Waals surface area contributed by atoms with E-state index in [1.54, 1.807) is 0 Å². The van der Waals surface area contributed by atoms with Crippen LogP contribution in [0.2, 0.25) is 0 Å². The zero-order chi connectivity index (χ0) is 32.2. The first-order chi connectivity index (χ1) is 21.9. The van der Waals surface area contributed by atoms with E-state index < -0.39 is 10.8 Å². The zero-order valence-electron chi connectivity index (χ0n) is 27.4. The SMILES string of the molecule is CC1(C)C2CCC1(C(=O)Cc1ccc3ccccc3c1-c1c(CC(=O)C34CCC(CC3=O)C4(C)C)ccc3ccccc13)C(=O)C2. The van der Waals surface area contributed by atoms with E-state index in [2.05, 4.69) is 76.2 Å². The molecule has 8 rings (SSSR count). The van der Waals surface area contributed by atoms with Crippen LogP contribution >= 0.6 is 0 Å². The van der Waals surface area contributed by atoms with Crippen LogP contribution in [0.3, 0.4) is 0 Å². The highest BCUT2D eigenvalue weighted by molar-refractivity contribution is 6.15. The van der Waals surface area contributed by atoms with E-state index in [1.165, 1.54) is 0 Å². The van der Waals surface area contributed by atoms with Crippen LogP contribution in [0, 0.1) is 33.5 Å². The third kappa shape index (κ3) is 3.62. The van der Waals surface area contributed by atoms with Gasteiger partial charge in [-0.15, -0.1) is 0 Å². The molecule has 0 N–H and O–H groups in total. The van der Waals surface area contributed by atoms with Crippen molar-refractivity contribution in [3.05, 3.63) is 83.9 Å². The average molecular weight is 611 g/mol. The second kappa shape index (κ2) is 9.80. The smallest absolute Gasteiger partial charge is 0.151 e. The molecule has 0 spiro atoms. The highest BCUT2D eigenvalue weighted by Crippen LogP contribution is 2.65. The molecule has 234 valence electrons. The zero-order valence-corrected chi connectivity index (χ0v) is 27.4. The van der Waals surface area contributed by atoms with Crippen molar-refractivity contribution in [3.8, 4) is 11.1 Å². The van der Waals surface area contributed by atoms with Crippen LogP contribution in [-0.2, 0) is 32.0 Å². The Morgan fingerprint density at radius 2 is 0.978 bits per heavy atom. The number of rotatable bonds is 7. The molecule has 0 heterocycles. The lowest BCUT2D eigenvalue weighted by atomic mass is 9.64. The number of carbonyl (C=O) groups excluding carboxylic acids is 4. The molecule has 0 radical (unpaired) electrons. The fourth-order valence-electron chi connectivity index (χ4n) is 10.8. The molecular weight excluding hydrogens is 568 g/mol. The topological polar surface area (TPSA) is 68.3 Å². The van der Waals surface area contributed by atoms with E-state index in [0.717, 1.165) is 56.6 Å². The summed E-state index contributed by atoms with van der Waals surface area (Å²) in [5.74, 6) is 0.767. The van der Waals surface area contributed by atoms with Crippen LogP contribution in [0.5, 0.6) is 0 Å². The largest absolute Gasteiger partial charge is 0.299 e. The molecule has 4 bridgehead atoms. The summed E-state index contributed by atoms with van der Waals surface area (Å²) in [6.07, 6.45) is 4.42. The predicted octanol–water partition coefficient (Wildman–Crippen LogP) is 8.67. The van der Waals surface area contributed by atoms with E-state index in [9.17, 15) is 19.2 Å². The Bertz CT molecular complexity index is 1870. The lowest BCUT2D eigenvalue weighted by Gasteiger charge is -2.35. The summed E-state index contributed by atoms with van der Waals surface area (Å²) in [6, 6.07) is 24.7. The number of benzene rings is 4. The average Bonchev–Trinajstić information content (AvgIpc) is 3.60. The lowest BCUT2D eigenvalue weighted by molar-refractivity contribution is -0.144. The number of Topliss-reactive ketones (excluding diaryl/α,β-unsaturated/α-hetero) is 4. The van der Waals surface area contributed by atoms with Crippen LogP contribution in [0.1, 0.15) is 77.3 Å². The first kappa shape index (κ1) is 29.5. The maximum Gasteiger partial charge on any atom is 0.151 e. The van der Waals surface area contributed by atoms with Gasteiger partial charge in [0.1, 0.15) is 11.6 Å². The Morgan fingerprint density at radius 1 is 0.587 bits per heavy atom. The summed E-state index contributed by atoms with van der Waals surface area (Å²) in [5.41, 5.74) is 1.10. The number of ketones is 4. The van der Waals surface area contributed by atoms with Crippen molar-refractivity contribution in [2.45, 2.75) is 79.1 Å². The number of hydrogen-bond donors (Lipinski definition) is 0. The quantitative estimate of drug-likeness (QED) is 0.196. The highest BCUT2D eigenvalue weighted by Gasteiger charge is 2.68. The van der Waals surface area contributed by atoms with Gasteiger partial charge in [0.25, 0.3) is 0 Å². The van der Waals surface area contributed by atoms with Gasteiger partial charge in [-0.1, -0.05) is 100 Å². The van der Waals surface area contributed by atoms with E-state index in [1.807, 2.05) is 24.3 Å². The van der Waals surface area contributed by atoms with Gasteiger partial charge in [-0.3, -0.25) is 19.2 Å². The second-order valence-corrected chi connectivity index (χ2v) is 15.8. The molecule has 4 aromatic carbocycles. The van der Waals surface area contributed by atoms with Crippen molar-refractivity contribution in [1.82, 2.24) is 0 Å². The third-order valence-electron chi connectivity index (χ3n) is 13.7. The van der Waals surface area contributed by atoms with Crippen LogP contribution in [0.15, 0.2) is 72.8 Å². The Morgan fingerprint density at radius 3 is 1.33 bits per heavy atom. The molecule has 0 amide bonds. The highest BCUT2D eigenvalue weighted by atomic mass is 16.2. The lowest BCUT2D eigenvalue weighted by Crippen LogP contribution is -2.44. The molecule has 4 aliphatic rings. The van der Waals surface area contributed by atoms with Crippen molar-refractivity contribution in [3.63, 3.8) is 0 Å². The van der Waals surface area contributed by atoms with Gasteiger partial charge >= 0.3 is 0 Å². The van der Waals surface area contributed by atoms with Crippen LogP contribution in [-0.4, -0.2) is 23.1 Å². The fraction of sp³-hybridized carbons (Fsp3) is 0.429. The molecule has 4 heteroatoms. The number of carbonyl (C=O) groups is 4. The van der Waals surface area contributed by atoms with Gasteiger partial charge in [0, 0.05) is 25.7 Å². The number of fused-ring (bicyclic) bond motifs is 6. The van der Waals surface area contributed by atoms with Crippen molar-refractivity contribution in [2.24, 2.45) is 33.5 Å². The van der Waals surface area contributed by atoms with E-state index in [0.29, 0.717) is 25.7 Å². The van der Waals surface area contributed by atoms with E-state index in [-0.39, 0.29) is 58.6 Å².